The van der Waals surface area contributed by atoms with E-state index < -0.39 is 46.8 Å². The summed E-state index contributed by atoms with van der Waals surface area (Å²) in [5.41, 5.74) is -0.615. The second-order valence-electron chi connectivity index (χ2n) is 9.31. The van der Waals surface area contributed by atoms with Crippen LogP contribution in [0.15, 0.2) is 45.7 Å². The Kier molecular flexibility index (Phi) is 8.44. The number of morpholine rings is 1. The van der Waals surface area contributed by atoms with E-state index in [0.717, 1.165) is 35.6 Å². The molecule has 1 aliphatic rings. The number of carbonyl (C=O) groups excluding carboxylic acids is 1. The van der Waals surface area contributed by atoms with E-state index in [9.17, 15) is 35.9 Å². The van der Waals surface area contributed by atoms with Crippen LogP contribution in [0.1, 0.15) is 11.1 Å². The molecule has 2 aromatic heterocycles. The fourth-order valence-corrected chi connectivity index (χ4v) is 5.26. The van der Waals surface area contributed by atoms with Crippen LogP contribution in [0.4, 0.5) is 35.9 Å². The van der Waals surface area contributed by atoms with Crippen molar-refractivity contribution in [1.29, 1.82) is 0 Å². The van der Waals surface area contributed by atoms with Crippen molar-refractivity contribution < 1.29 is 49.6 Å². The number of ether oxygens (including phenoxy) is 1. The van der Waals surface area contributed by atoms with Gasteiger partial charge in [0.2, 0.25) is 5.82 Å². The Hall–Kier alpha value is -4.03. The van der Waals surface area contributed by atoms with Gasteiger partial charge in [-0.25, -0.2) is 19.0 Å². The highest BCUT2D eigenvalue weighted by molar-refractivity contribution is 7.22. The van der Waals surface area contributed by atoms with Crippen LogP contribution in [-0.2, 0) is 22.3 Å². The van der Waals surface area contributed by atoms with Crippen molar-refractivity contribution in [2.24, 2.45) is 0 Å². The summed E-state index contributed by atoms with van der Waals surface area (Å²) in [7, 11) is 0. The van der Waals surface area contributed by atoms with Crippen molar-refractivity contribution in [1.82, 2.24) is 19.8 Å². The number of carbonyl (C=O) groups is 1. The molecule has 0 aliphatic carbocycles. The Morgan fingerprint density at radius 1 is 1.07 bits per heavy atom. The molecule has 0 bridgehead atoms. The van der Waals surface area contributed by atoms with E-state index in [2.05, 4.69) is 24.4 Å². The first kappa shape index (κ1) is 30.4. The third kappa shape index (κ3) is 6.97. The molecule has 0 amide bonds. The maximum absolute atomic E-state index is 15.2. The lowest BCUT2D eigenvalue weighted by molar-refractivity contribution is -0.200. The molecule has 0 unspecified atom stereocenters. The van der Waals surface area contributed by atoms with Gasteiger partial charge < -0.3 is 14.5 Å². The topological polar surface area (TPSA) is 103 Å². The lowest BCUT2D eigenvalue weighted by Crippen LogP contribution is -2.41. The summed E-state index contributed by atoms with van der Waals surface area (Å²) in [4.78, 5) is 35.4. The molecule has 43 heavy (non-hydrogen) atoms. The van der Waals surface area contributed by atoms with Crippen molar-refractivity contribution in [3.63, 3.8) is 0 Å². The molecule has 0 atom stereocenters. The van der Waals surface area contributed by atoms with Crippen molar-refractivity contribution in [3.8, 4) is 11.4 Å². The largest absolute Gasteiger partial charge is 0.493 e. The molecule has 1 aliphatic heterocycles. The van der Waals surface area contributed by atoms with E-state index in [0.29, 0.717) is 60.3 Å². The molecule has 0 radical (unpaired) electrons. The standard InChI is InChI=1S/C25H20F7N5O5S/c26-17-11-14(1-3-16(17)20-34-41-23(39)37(20)42-21(38)25(30,31)32)13-36(6-5-35-7-9-40-10-8-35)22-33-18-4-2-15(24(27,28)29)12-19(18)43-22/h1-4,11-12H,5-10,13H2. The van der Waals surface area contributed by atoms with Crippen LogP contribution in [-0.4, -0.2) is 71.3 Å². The first-order chi connectivity index (χ1) is 20.3. The summed E-state index contributed by atoms with van der Waals surface area (Å²) < 4.78 is 103. The number of hydrogen-bond donors (Lipinski definition) is 0. The molecule has 230 valence electrons. The van der Waals surface area contributed by atoms with Gasteiger partial charge in [0.05, 0.1) is 34.6 Å². The molecule has 4 aromatic rings. The zero-order valence-corrected chi connectivity index (χ0v) is 22.6. The number of alkyl halides is 6. The van der Waals surface area contributed by atoms with Crippen LogP contribution in [0.5, 0.6) is 0 Å². The molecule has 1 saturated heterocycles. The summed E-state index contributed by atoms with van der Waals surface area (Å²) in [5, 5.41) is 3.61. The molecule has 0 saturated carbocycles. The molecule has 10 nitrogen and oxygen atoms in total. The van der Waals surface area contributed by atoms with Crippen LogP contribution in [0.3, 0.4) is 0 Å². The predicted octanol–water partition coefficient (Wildman–Crippen LogP) is 4.13. The number of hydrogen-bond acceptors (Lipinski definition) is 10. The molecule has 5 rings (SSSR count). The average Bonchev–Trinajstić information content (AvgIpc) is 3.53. The van der Waals surface area contributed by atoms with Gasteiger partial charge in [0, 0.05) is 32.7 Å². The zero-order chi connectivity index (χ0) is 30.9. The Morgan fingerprint density at radius 2 is 1.81 bits per heavy atom. The zero-order valence-electron chi connectivity index (χ0n) is 21.7. The number of rotatable bonds is 8. The third-order valence-corrected chi connectivity index (χ3v) is 7.47. The fraction of sp³-hybridized carbons (Fsp3) is 0.360. The first-order valence-electron chi connectivity index (χ1n) is 12.5. The van der Waals surface area contributed by atoms with Crippen LogP contribution in [0, 0.1) is 5.82 Å². The maximum Gasteiger partial charge on any atom is 0.493 e. The number of thiazole rings is 1. The molecule has 0 N–H and O–H groups in total. The Bertz CT molecular complexity index is 1680. The van der Waals surface area contributed by atoms with Gasteiger partial charge in [-0.3, -0.25) is 9.42 Å². The van der Waals surface area contributed by atoms with Crippen LogP contribution in [0.2, 0.25) is 0 Å². The van der Waals surface area contributed by atoms with Gasteiger partial charge in [0.15, 0.2) is 5.13 Å². The smallest absolute Gasteiger partial charge is 0.379 e. The normalized spacial score (nSPS) is 14.8. The van der Waals surface area contributed by atoms with Gasteiger partial charge >= 0.3 is 24.1 Å². The summed E-state index contributed by atoms with van der Waals surface area (Å²) in [6, 6.07) is 6.75. The van der Waals surface area contributed by atoms with Crippen molar-refractivity contribution in [3.05, 3.63) is 63.9 Å². The van der Waals surface area contributed by atoms with Crippen molar-refractivity contribution in [2.45, 2.75) is 18.9 Å². The number of anilines is 1. The highest BCUT2D eigenvalue weighted by atomic mass is 32.1. The lowest BCUT2D eigenvalue weighted by Gasteiger charge is -2.30. The van der Waals surface area contributed by atoms with Gasteiger partial charge in [-0.15, -0.1) is 0 Å². The molecule has 3 heterocycles. The van der Waals surface area contributed by atoms with E-state index in [1.54, 1.807) is 4.90 Å². The Balaban J connectivity index is 1.42. The minimum atomic E-state index is -5.45. The molecule has 1 fully saturated rings. The van der Waals surface area contributed by atoms with Gasteiger partial charge in [0.1, 0.15) is 5.82 Å². The van der Waals surface area contributed by atoms with Gasteiger partial charge in [-0.05, 0) is 35.9 Å². The maximum atomic E-state index is 15.2. The van der Waals surface area contributed by atoms with E-state index >= 15 is 4.39 Å². The molecular weight excluding hydrogens is 615 g/mol. The SMILES string of the molecule is O=C(On1c(-c2ccc(CN(CCN3CCOCC3)c3nc4ccc(C(F)(F)F)cc4s3)cc2F)noc1=O)C(F)(F)F. The number of halogens is 7. The van der Waals surface area contributed by atoms with E-state index in [1.165, 1.54) is 12.1 Å². The highest BCUT2D eigenvalue weighted by Gasteiger charge is 2.43. The monoisotopic (exact) mass is 635 g/mol. The molecule has 18 heteroatoms. The third-order valence-electron chi connectivity index (χ3n) is 6.39. The fourth-order valence-electron chi connectivity index (χ4n) is 4.23. The Morgan fingerprint density at radius 3 is 2.49 bits per heavy atom. The van der Waals surface area contributed by atoms with Crippen LogP contribution >= 0.6 is 11.3 Å². The lowest BCUT2D eigenvalue weighted by atomic mass is 10.1. The first-order valence-corrected chi connectivity index (χ1v) is 13.3. The van der Waals surface area contributed by atoms with Crippen molar-refractivity contribution in [2.75, 3.05) is 44.3 Å². The molecule has 2 aromatic carbocycles. The van der Waals surface area contributed by atoms with E-state index in [1.807, 2.05) is 0 Å². The van der Waals surface area contributed by atoms with Gasteiger partial charge in [-0.1, -0.05) is 27.3 Å². The quantitative estimate of drug-likeness (QED) is 0.265. The predicted molar refractivity (Wildman–Crippen MR) is 137 cm³/mol. The van der Waals surface area contributed by atoms with E-state index in [-0.39, 0.29) is 11.3 Å². The summed E-state index contributed by atoms with van der Waals surface area (Å²) in [5.74, 6) is -6.18. The number of benzene rings is 2. The van der Waals surface area contributed by atoms with Gasteiger partial charge in [0.25, 0.3) is 0 Å². The summed E-state index contributed by atoms with van der Waals surface area (Å²) >= 11 is 1.04. The Labute approximate surface area is 240 Å². The second kappa shape index (κ2) is 11.9. The highest BCUT2D eigenvalue weighted by Crippen LogP contribution is 2.36. The van der Waals surface area contributed by atoms with Crippen LogP contribution < -0.4 is 15.5 Å². The molecular formula is C25H20F7N5O5S. The minimum absolute atomic E-state index is 0.0438. The average molecular weight is 636 g/mol. The summed E-state index contributed by atoms with van der Waals surface area (Å²) in [6.45, 7) is 3.38. The second-order valence-corrected chi connectivity index (χ2v) is 10.3. The number of aromatic nitrogens is 3. The van der Waals surface area contributed by atoms with Crippen molar-refractivity contribution >= 4 is 32.7 Å². The number of fused-ring (bicyclic) bond motifs is 1. The van der Waals surface area contributed by atoms with Gasteiger partial charge in [-0.2, -0.15) is 26.3 Å². The summed E-state index contributed by atoms with van der Waals surface area (Å²) in [6.07, 6.45) is -9.98. The van der Waals surface area contributed by atoms with E-state index in [4.69, 9.17) is 4.74 Å². The minimum Gasteiger partial charge on any atom is -0.379 e. The van der Waals surface area contributed by atoms with Crippen LogP contribution in [0.25, 0.3) is 21.6 Å². The number of nitrogens with zero attached hydrogens (tertiary/aromatic N) is 5. The molecule has 0 spiro atoms.